The van der Waals surface area contributed by atoms with E-state index in [0.29, 0.717) is 23.3 Å². The van der Waals surface area contributed by atoms with E-state index in [0.717, 1.165) is 11.1 Å². The first-order chi connectivity index (χ1) is 11.0. The Kier molecular flexibility index (Phi) is 5.69. The summed E-state index contributed by atoms with van der Waals surface area (Å²) < 4.78 is 18.1. The first-order valence-corrected chi connectivity index (χ1v) is 7.61. The van der Waals surface area contributed by atoms with Crippen LogP contribution in [0.5, 0.6) is 5.75 Å². The number of ether oxygens (including phenoxy) is 1. The molecule has 0 bridgehead atoms. The molecular weight excluding hydrogens is 291 g/mol. The predicted molar refractivity (Wildman–Crippen MR) is 90.9 cm³/mol. The summed E-state index contributed by atoms with van der Waals surface area (Å²) in [7, 11) is 0. The van der Waals surface area contributed by atoms with Crippen molar-refractivity contribution in [2.75, 3.05) is 6.61 Å². The lowest BCUT2D eigenvalue weighted by molar-refractivity contribution is 0.103. The van der Waals surface area contributed by atoms with Crippen LogP contribution in [0.1, 0.15) is 35.3 Å². The first-order valence-electron chi connectivity index (χ1n) is 7.61. The number of halogens is 1. The molecule has 0 aromatic heterocycles. The van der Waals surface area contributed by atoms with Crippen LogP contribution in [-0.2, 0) is 6.42 Å². The number of ketones is 1. The molecule has 1 atom stereocenters. The quantitative estimate of drug-likeness (QED) is 0.543. The van der Waals surface area contributed by atoms with Crippen LogP contribution in [0, 0.1) is 0 Å². The van der Waals surface area contributed by atoms with E-state index < -0.39 is 6.17 Å². The second-order valence-electron chi connectivity index (χ2n) is 5.68. The lowest BCUT2D eigenvalue weighted by Gasteiger charge is -2.10. The summed E-state index contributed by atoms with van der Waals surface area (Å²) in [5, 5.41) is 0. The molecule has 0 aliphatic rings. The molecule has 1 unspecified atom stereocenters. The molecule has 2 aromatic carbocycles. The molecule has 2 nitrogen and oxygen atoms in total. The highest BCUT2D eigenvalue weighted by Gasteiger charge is 2.11. The minimum atomic E-state index is -0.991. The lowest BCUT2D eigenvalue weighted by atomic mass is 9.95. The second-order valence-corrected chi connectivity index (χ2v) is 5.68. The molecule has 0 heterocycles. The molecular formula is C20H21FO2. The summed E-state index contributed by atoms with van der Waals surface area (Å²) in [6, 6.07) is 15.1. The minimum absolute atomic E-state index is 0.0301. The van der Waals surface area contributed by atoms with Crippen LogP contribution in [0.4, 0.5) is 4.39 Å². The van der Waals surface area contributed by atoms with E-state index in [1.165, 1.54) is 6.92 Å². The minimum Gasteiger partial charge on any atom is -0.491 e. The van der Waals surface area contributed by atoms with Gasteiger partial charge in [-0.15, -0.1) is 0 Å². The maximum atomic E-state index is 12.8. The summed E-state index contributed by atoms with van der Waals surface area (Å²) in [4.78, 5) is 12.2. The second kappa shape index (κ2) is 7.73. The Labute approximate surface area is 136 Å². The van der Waals surface area contributed by atoms with E-state index >= 15 is 0 Å². The van der Waals surface area contributed by atoms with Gasteiger partial charge >= 0.3 is 0 Å². The van der Waals surface area contributed by atoms with Crippen molar-refractivity contribution in [3.63, 3.8) is 0 Å². The number of alkyl halides is 1. The third-order valence-corrected chi connectivity index (χ3v) is 3.45. The van der Waals surface area contributed by atoms with Gasteiger partial charge in [0.05, 0.1) is 0 Å². The molecule has 0 saturated carbocycles. The smallest absolute Gasteiger partial charge is 0.188 e. The summed E-state index contributed by atoms with van der Waals surface area (Å²) in [5.41, 5.74) is 3.24. The zero-order valence-electron chi connectivity index (χ0n) is 13.5. The number of benzene rings is 2. The molecule has 120 valence electrons. The fraction of sp³-hybridized carbons (Fsp3) is 0.250. The number of carbonyl (C=O) groups is 1. The predicted octanol–water partition coefficient (Wildman–Crippen LogP) is 4.77. The molecule has 0 aliphatic carbocycles. The standard InChI is InChI=1S/C20H21FO2/c1-14(2)20(22)19-7-5-4-6-17(19)12-16-8-10-18(11-9-16)23-13-15(3)21/h4-11,15H,1,12-13H2,2-3H3. The van der Waals surface area contributed by atoms with Crippen LogP contribution >= 0.6 is 0 Å². The highest BCUT2D eigenvalue weighted by atomic mass is 19.1. The number of allylic oxidation sites excluding steroid dienone is 1. The first kappa shape index (κ1) is 16.9. The lowest BCUT2D eigenvalue weighted by Crippen LogP contribution is -2.08. The Hall–Kier alpha value is -2.42. The van der Waals surface area contributed by atoms with Crippen molar-refractivity contribution in [3.8, 4) is 5.75 Å². The summed E-state index contributed by atoms with van der Waals surface area (Å²) in [5.74, 6) is 0.613. The fourth-order valence-corrected chi connectivity index (χ4v) is 2.26. The van der Waals surface area contributed by atoms with Crippen LogP contribution in [-0.4, -0.2) is 18.6 Å². The van der Waals surface area contributed by atoms with E-state index in [-0.39, 0.29) is 12.4 Å². The Morgan fingerprint density at radius 1 is 1.17 bits per heavy atom. The zero-order valence-corrected chi connectivity index (χ0v) is 13.5. The largest absolute Gasteiger partial charge is 0.491 e. The van der Waals surface area contributed by atoms with Gasteiger partial charge in [-0.2, -0.15) is 0 Å². The van der Waals surface area contributed by atoms with Gasteiger partial charge in [-0.1, -0.05) is 43.0 Å². The number of carbonyl (C=O) groups excluding carboxylic acids is 1. The van der Waals surface area contributed by atoms with Gasteiger partial charge in [0.1, 0.15) is 18.5 Å². The van der Waals surface area contributed by atoms with E-state index in [9.17, 15) is 9.18 Å². The number of hydrogen-bond donors (Lipinski definition) is 0. The van der Waals surface area contributed by atoms with Crippen molar-refractivity contribution in [2.45, 2.75) is 26.4 Å². The monoisotopic (exact) mass is 312 g/mol. The van der Waals surface area contributed by atoms with Gasteiger partial charge < -0.3 is 4.74 Å². The molecule has 3 heteroatoms. The van der Waals surface area contributed by atoms with Gasteiger partial charge in [0.15, 0.2) is 5.78 Å². The average Bonchev–Trinajstić information content (AvgIpc) is 2.54. The van der Waals surface area contributed by atoms with Gasteiger partial charge in [0, 0.05) is 5.56 Å². The molecule has 0 fully saturated rings. The maximum absolute atomic E-state index is 12.8. The maximum Gasteiger partial charge on any atom is 0.188 e. The SMILES string of the molecule is C=C(C)C(=O)c1ccccc1Cc1ccc(OCC(C)F)cc1. The molecule has 0 saturated heterocycles. The van der Waals surface area contributed by atoms with Crippen LogP contribution < -0.4 is 4.74 Å². The normalized spacial score (nSPS) is 11.8. The third-order valence-electron chi connectivity index (χ3n) is 3.45. The van der Waals surface area contributed by atoms with Gasteiger partial charge in [-0.05, 0) is 49.1 Å². The summed E-state index contributed by atoms with van der Waals surface area (Å²) >= 11 is 0. The topological polar surface area (TPSA) is 26.3 Å². The molecule has 2 aromatic rings. The molecule has 2 rings (SSSR count). The average molecular weight is 312 g/mol. The van der Waals surface area contributed by atoms with E-state index in [1.54, 1.807) is 6.92 Å². The highest BCUT2D eigenvalue weighted by Crippen LogP contribution is 2.19. The van der Waals surface area contributed by atoms with Crippen molar-refractivity contribution < 1.29 is 13.9 Å². The number of rotatable bonds is 7. The molecule has 0 amide bonds. The van der Waals surface area contributed by atoms with Crippen LogP contribution in [0.15, 0.2) is 60.7 Å². The Morgan fingerprint density at radius 3 is 2.43 bits per heavy atom. The van der Waals surface area contributed by atoms with Gasteiger partial charge in [0.25, 0.3) is 0 Å². The van der Waals surface area contributed by atoms with Gasteiger partial charge in [0.2, 0.25) is 0 Å². The molecule has 0 spiro atoms. The van der Waals surface area contributed by atoms with Crippen molar-refractivity contribution in [2.24, 2.45) is 0 Å². The van der Waals surface area contributed by atoms with E-state index in [4.69, 9.17) is 4.74 Å². The number of hydrogen-bond acceptors (Lipinski definition) is 2. The van der Waals surface area contributed by atoms with Crippen molar-refractivity contribution >= 4 is 5.78 Å². The van der Waals surface area contributed by atoms with E-state index in [1.807, 2.05) is 48.5 Å². The van der Waals surface area contributed by atoms with Crippen molar-refractivity contribution in [1.82, 2.24) is 0 Å². The zero-order chi connectivity index (χ0) is 16.8. The van der Waals surface area contributed by atoms with Crippen molar-refractivity contribution in [1.29, 1.82) is 0 Å². The van der Waals surface area contributed by atoms with E-state index in [2.05, 4.69) is 6.58 Å². The Morgan fingerprint density at radius 2 is 1.83 bits per heavy atom. The number of Topliss-reactive ketones (excluding diaryl/α,β-unsaturated/α-hetero) is 1. The molecule has 0 N–H and O–H groups in total. The third kappa shape index (κ3) is 4.78. The van der Waals surface area contributed by atoms with Crippen LogP contribution in [0.25, 0.3) is 0 Å². The summed E-state index contributed by atoms with van der Waals surface area (Å²) in [6.45, 7) is 6.96. The van der Waals surface area contributed by atoms with Crippen LogP contribution in [0.2, 0.25) is 0 Å². The van der Waals surface area contributed by atoms with Gasteiger partial charge in [-0.25, -0.2) is 4.39 Å². The molecule has 23 heavy (non-hydrogen) atoms. The van der Waals surface area contributed by atoms with Crippen molar-refractivity contribution in [3.05, 3.63) is 77.4 Å². The Bertz CT molecular complexity index is 687. The molecule has 0 radical (unpaired) electrons. The summed E-state index contributed by atoms with van der Waals surface area (Å²) in [6.07, 6.45) is -0.343. The fourth-order valence-electron chi connectivity index (χ4n) is 2.26. The van der Waals surface area contributed by atoms with Crippen LogP contribution in [0.3, 0.4) is 0 Å². The van der Waals surface area contributed by atoms with Gasteiger partial charge in [-0.3, -0.25) is 4.79 Å². The highest BCUT2D eigenvalue weighted by molar-refractivity contribution is 6.08. The molecule has 0 aliphatic heterocycles. The Balaban J connectivity index is 2.14.